The van der Waals surface area contributed by atoms with Crippen molar-refractivity contribution in [1.82, 2.24) is 4.72 Å². The summed E-state index contributed by atoms with van der Waals surface area (Å²) in [4.78, 5) is 13.5. The lowest BCUT2D eigenvalue weighted by atomic mass is 10.1. The molecular formula is C15H21BrN2O3S. The lowest BCUT2D eigenvalue weighted by Crippen LogP contribution is -2.30. The Bertz CT molecular complexity index is 686. The van der Waals surface area contributed by atoms with Gasteiger partial charge in [-0.1, -0.05) is 29.8 Å². The molecule has 0 spiro atoms. The molecule has 0 saturated heterocycles. The van der Waals surface area contributed by atoms with Crippen LogP contribution in [-0.2, 0) is 21.2 Å². The van der Waals surface area contributed by atoms with Crippen LogP contribution in [0.3, 0.4) is 0 Å². The van der Waals surface area contributed by atoms with E-state index in [2.05, 4.69) is 20.7 Å². The summed E-state index contributed by atoms with van der Waals surface area (Å²) in [6.45, 7) is 6.46. The number of fused-ring (bicyclic) bond motifs is 1. The molecule has 1 amide bonds. The van der Waals surface area contributed by atoms with Crippen molar-refractivity contribution in [3.63, 3.8) is 0 Å². The van der Waals surface area contributed by atoms with Crippen molar-refractivity contribution in [1.29, 1.82) is 0 Å². The van der Waals surface area contributed by atoms with Crippen LogP contribution in [0.1, 0.15) is 32.8 Å². The fraction of sp³-hybridized carbons (Fsp3) is 0.533. The zero-order chi connectivity index (χ0) is 16.5. The number of nitrogens with zero attached hydrogens (tertiary/aromatic N) is 1. The van der Waals surface area contributed by atoms with Crippen LogP contribution in [0.15, 0.2) is 21.5 Å². The SMILES string of the molecule is CC(=O)N1CCc2cc(Br)cc(S(=O)(=O)NCCC(C)C)c21. The average molecular weight is 389 g/mol. The van der Waals surface area contributed by atoms with E-state index in [-0.39, 0.29) is 10.8 Å². The summed E-state index contributed by atoms with van der Waals surface area (Å²) in [5, 5.41) is 0. The minimum Gasteiger partial charge on any atom is -0.311 e. The molecule has 0 unspecified atom stereocenters. The highest BCUT2D eigenvalue weighted by molar-refractivity contribution is 9.10. The first kappa shape index (κ1) is 17.4. The minimum atomic E-state index is -3.64. The standard InChI is InChI=1S/C15H21BrN2O3S/c1-10(2)4-6-17-22(20,21)14-9-13(16)8-12-5-7-18(11(3)19)15(12)14/h8-10,17H,4-7H2,1-3H3. The van der Waals surface area contributed by atoms with E-state index < -0.39 is 10.0 Å². The highest BCUT2D eigenvalue weighted by atomic mass is 79.9. The third-order valence-electron chi connectivity index (χ3n) is 3.68. The Labute approximate surface area is 140 Å². The molecule has 1 N–H and O–H groups in total. The molecule has 1 aromatic carbocycles. The van der Waals surface area contributed by atoms with Gasteiger partial charge in [0, 0.05) is 24.5 Å². The van der Waals surface area contributed by atoms with E-state index >= 15 is 0 Å². The van der Waals surface area contributed by atoms with E-state index in [1.807, 2.05) is 19.9 Å². The van der Waals surface area contributed by atoms with Gasteiger partial charge in [-0.2, -0.15) is 0 Å². The molecule has 7 heteroatoms. The molecule has 0 fully saturated rings. The maximum atomic E-state index is 12.6. The number of carbonyl (C=O) groups excluding carboxylic acids is 1. The molecular weight excluding hydrogens is 368 g/mol. The van der Waals surface area contributed by atoms with Crippen molar-refractivity contribution < 1.29 is 13.2 Å². The third kappa shape index (κ3) is 3.70. The summed E-state index contributed by atoms with van der Waals surface area (Å²) in [5.41, 5.74) is 1.40. The summed E-state index contributed by atoms with van der Waals surface area (Å²) >= 11 is 3.36. The molecule has 2 rings (SSSR count). The van der Waals surface area contributed by atoms with E-state index in [4.69, 9.17) is 0 Å². The summed E-state index contributed by atoms with van der Waals surface area (Å²) in [6.07, 6.45) is 1.44. The second kappa shape index (κ2) is 6.68. The molecule has 1 aliphatic heterocycles. The fourth-order valence-electron chi connectivity index (χ4n) is 2.55. The monoisotopic (exact) mass is 388 g/mol. The van der Waals surface area contributed by atoms with Gasteiger partial charge in [0.05, 0.1) is 5.69 Å². The molecule has 0 bridgehead atoms. The number of hydrogen-bond acceptors (Lipinski definition) is 3. The van der Waals surface area contributed by atoms with Gasteiger partial charge in [-0.25, -0.2) is 13.1 Å². The van der Waals surface area contributed by atoms with E-state index in [9.17, 15) is 13.2 Å². The van der Waals surface area contributed by atoms with Gasteiger partial charge in [-0.05, 0) is 36.5 Å². The number of hydrogen-bond donors (Lipinski definition) is 1. The Morgan fingerprint density at radius 1 is 1.41 bits per heavy atom. The molecule has 0 aliphatic carbocycles. The largest absolute Gasteiger partial charge is 0.311 e. The highest BCUT2D eigenvalue weighted by Crippen LogP contribution is 2.37. The number of halogens is 1. The lowest BCUT2D eigenvalue weighted by molar-refractivity contribution is -0.116. The van der Waals surface area contributed by atoms with Crippen molar-refractivity contribution in [3.8, 4) is 0 Å². The number of benzene rings is 1. The predicted molar refractivity (Wildman–Crippen MR) is 90.5 cm³/mol. The molecule has 1 heterocycles. The number of sulfonamides is 1. The maximum absolute atomic E-state index is 12.6. The van der Waals surface area contributed by atoms with E-state index in [1.165, 1.54) is 6.92 Å². The Hall–Kier alpha value is -0.920. The number of anilines is 1. The van der Waals surface area contributed by atoms with Crippen LogP contribution in [0.5, 0.6) is 0 Å². The van der Waals surface area contributed by atoms with Gasteiger partial charge < -0.3 is 4.90 Å². The Balaban J connectivity index is 2.40. The quantitative estimate of drug-likeness (QED) is 0.842. The molecule has 0 saturated carbocycles. The van der Waals surface area contributed by atoms with Crippen LogP contribution in [0, 0.1) is 5.92 Å². The van der Waals surface area contributed by atoms with Crippen LogP contribution in [0.4, 0.5) is 5.69 Å². The van der Waals surface area contributed by atoms with Gasteiger partial charge >= 0.3 is 0 Å². The number of nitrogens with one attached hydrogen (secondary N) is 1. The van der Waals surface area contributed by atoms with Crippen molar-refractivity contribution in [3.05, 3.63) is 22.2 Å². The lowest BCUT2D eigenvalue weighted by Gasteiger charge is -2.19. The first-order valence-corrected chi connectivity index (χ1v) is 9.60. The van der Waals surface area contributed by atoms with Crippen LogP contribution in [0.2, 0.25) is 0 Å². The second-order valence-corrected chi connectivity index (χ2v) is 8.56. The van der Waals surface area contributed by atoms with Gasteiger partial charge in [0.15, 0.2) is 0 Å². The summed E-state index contributed by atoms with van der Waals surface area (Å²) in [5.74, 6) is 0.282. The molecule has 0 aromatic heterocycles. The van der Waals surface area contributed by atoms with Gasteiger partial charge in [0.2, 0.25) is 15.9 Å². The van der Waals surface area contributed by atoms with E-state index in [1.54, 1.807) is 11.0 Å². The summed E-state index contributed by atoms with van der Waals surface area (Å²) < 4.78 is 28.6. The van der Waals surface area contributed by atoms with Gasteiger partial charge in [0.25, 0.3) is 0 Å². The molecule has 1 aromatic rings. The van der Waals surface area contributed by atoms with Crippen molar-refractivity contribution in [2.24, 2.45) is 5.92 Å². The second-order valence-electron chi connectivity index (χ2n) is 5.91. The Kier molecular flexibility index (Phi) is 5.29. The number of carbonyl (C=O) groups is 1. The normalized spacial score (nSPS) is 14.5. The molecule has 5 nitrogen and oxygen atoms in total. The maximum Gasteiger partial charge on any atom is 0.242 e. The minimum absolute atomic E-state index is 0.139. The molecule has 122 valence electrons. The fourth-order valence-corrected chi connectivity index (χ4v) is 4.53. The zero-order valence-corrected chi connectivity index (χ0v) is 15.4. The summed E-state index contributed by atoms with van der Waals surface area (Å²) in [6, 6.07) is 3.45. The first-order chi connectivity index (χ1) is 10.2. The smallest absolute Gasteiger partial charge is 0.242 e. The van der Waals surface area contributed by atoms with Gasteiger partial charge in [-0.3, -0.25) is 4.79 Å². The Morgan fingerprint density at radius 2 is 2.09 bits per heavy atom. The highest BCUT2D eigenvalue weighted by Gasteiger charge is 2.31. The van der Waals surface area contributed by atoms with Crippen LogP contribution < -0.4 is 9.62 Å². The predicted octanol–water partition coefficient (Wildman–Crippen LogP) is 2.68. The molecule has 0 atom stereocenters. The van der Waals surface area contributed by atoms with Crippen LogP contribution >= 0.6 is 15.9 Å². The topological polar surface area (TPSA) is 66.5 Å². The van der Waals surface area contributed by atoms with E-state index in [0.717, 1.165) is 12.0 Å². The molecule has 1 aliphatic rings. The van der Waals surface area contributed by atoms with Gasteiger partial charge in [0.1, 0.15) is 4.90 Å². The molecule has 0 radical (unpaired) electrons. The number of rotatable bonds is 5. The van der Waals surface area contributed by atoms with Crippen molar-refractivity contribution in [2.45, 2.75) is 38.5 Å². The molecule has 22 heavy (non-hydrogen) atoms. The third-order valence-corrected chi connectivity index (χ3v) is 5.61. The van der Waals surface area contributed by atoms with E-state index in [0.29, 0.717) is 35.6 Å². The van der Waals surface area contributed by atoms with Crippen molar-refractivity contribution >= 4 is 37.5 Å². The number of amides is 1. The summed E-state index contributed by atoms with van der Waals surface area (Å²) in [7, 11) is -3.64. The zero-order valence-electron chi connectivity index (χ0n) is 13.0. The first-order valence-electron chi connectivity index (χ1n) is 7.32. The average Bonchev–Trinajstić information content (AvgIpc) is 2.80. The van der Waals surface area contributed by atoms with Crippen LogP contribution in [-0.4, -0.2) is 27.4 Å². The van der Waals surface area contributed by atoms with Gasteiger partial charge in [-0.15, -0.1) is 0 Å². The Morgan fingerprint density at radius 3 is 2.68 bits per heavy atom. The van der Waals surface area contributed by atoms with Crippen molar-refractivity contribution in [2.75, 3.05) is 18.0 Å². The van der Waals surface area contributed by atoms with Crippen LogP contribution in [0.25, 0.3) is 0 Å².